The molecule has 0 radical (unpaired) electrons. The van der Waals surface area contributed by atoms with E-state index in [0.29, 0.717) is 11.8 Å². The summed E-state index contributed by atoms with van der Waals surface area (Å²) in [5, 5.41) is 2.03. The summed E-state index contributed by atoms with van der Waals surface area (Å²) in [6.07, 6.45) is 4.82. The van der Waals surface area contributed by atoms with E-state index in [2.05, 4.69) is 11.9 Å². The van der Waals surface area contributed by atoms with Gasteiger partial charge in [-0.25, -0.2) is 4.98 Å². The molecule has 0 N–H and O–H groups in total. The molecule has 0 aliphatic heterocycles. The van der Waals surface area contributed by atoms with Gasteiger partial charge in [-0.3, -0.25) is 4.79 Å². The standard InChI is InChI=1S/C14H22N2OS2/c1-10-4-6-12(7-5-10)16(3)13(17)9-19-14-15-11(2)8-18-14/h8,10,12H,4-7,9H2,1-3H3. The maximum atomic E-state index is 12.2. The predicted molar refractivity (Wildman–Crippen MR) is 81.8 cm³/mol. The Morgan fingerprint density at radius 3 is 2.74 bits per heavy atom. The van der Waals surface area contributed by atoms with Crippen LogP contribution in [0.15, 0.2) is 9.72 Å². The molecule has 5 heteroatoms. The third kappa shape index (κ3) is 4.21. The van der Waals surface area contributed by atoms with Crippen LogP contribution in [0.2, 0.25) is 0 Å². The summed E-state index contributed by atoms with van der Waals surface area (Å²) in [5.74, 6) is 1.57. The molecule has 0 unspecified atom stereocenters. The van der Waals surface area contributed by atoms with Crippen molar-refractivity contribution in [2.75, 3.05) is 12.8 Å². The maximum Gasteiger partial charge on any atom is 0.233 e. The second kappa shape index (κ2) is 6.75. The summed E-state index contributed by atoms with van der Waals surface area (Å²) in [6, 6.07) is 0.447. The van der Waals surface area contributed by atoms with Crippen LogP contribution in [0, 0.1) is 12.8 Å². The van der Waals surface area contributed by atoms with Gasteiger partial charge in [0.25, 0.3) is 0 Å². The molecule has 3 nitrogen and oxygen atoms in total. The van der Waals surface area contributed by atoms with Gasteiger partial charge in [0, 0.05) is 24.2 Å². The average molecular weight is 298 g/mol. The summed E-state index contributed by atoms with van der Waals surface area (Å²) < 4.78 is 0.997. The Kier molecular flexibility index (Phi) is 5.28. The zero-order chi connectivity index (χ0) is 13.8. The van der Waals surface area contributed by atoms with Crippen molar-refractivity contribution in [3.8, 4) is 0 Å². The highest BCUT2D eigenvalue weighted by Crippen LogP contribution is 2.28. The molecular formula is C14H22N2OS2. The van der Waals surface area contributed by atoms with E-state index in [1.807, 2.05) is 24.3 Å². The Balaban J connectivity index is 1.79. The Hall–Kier alpha value is -0.550. The molecule has 0 atom stereocenters. The van der Waals surface area contributed by atoms with Gasteiger partial charge in [-0.05, 0) is 38.5 Å². The third-order valence-corrected chi connectivity index (χ3v) is 5.97. The van der Waals surface area contributed by atoms with Crippen LogP contribution in [-0.4, -0.2) is 34.6 Å². The van der Waals surface area contributed by atoms with E-state index in [4.69, 9.17) is 0 Å². The van der Waals surface area contributed by atoms with Crippen LogP contribution in [0.25, 0.3) is 0 Å². The monoisotopic (exact) mass is 298 g/mol. The minimum atomic E-state index is 0.234. The lowest BCUT2D eigenvalue weighted by molar-refractivity contribution is -0.129. The molecule has 1 aliphatic rings. The number of rotatable bonds is 4. The number of amides is 1. The molecule has 0 saturated heterocycles. The number of hydrogen-bond donors (Lipinski definition) is 0. The van der Waals surface area contributed by atoms with Crippen molar-refractivity contribution in [1.29, 1.82) is 0 Å². The summed E-state index contributed by atoms with van der Waals surface area (Å²) in [6.45, 7) is 4.29. The first-order valence-corrected chi connectivity index (χ1v) is 8.73. The lowest BCUT2D eigenvalue weighted by Crippen LogP contribution is -2.40. The Morgan fingerprint density at radius 1 is 1.47 bits per heavy atom. The van der Waals surface area contributed by atoms with Gasteiger partial charge in [-0.15, -0.1) is 11.3 Å². The van der Waals surface area contributed by atoms with E-state index in [1.165, 1.54) is 12.8 Å². The van der Waals surface area contributed by atoms with Crippen LogP contribution in [0.3, 0.4) is 0 Å². The Bertz CT molecular complexity index is 425. The molecule has 2 rings (SSSR count). The van der Waals surface area contributed by atoms with Crippen molar-refractivity contribution in [3.05, 3.63) is 11.1 Å². The fraction of sp³-hybridized carbons (Fsp3) is 0.714. The smallest absolute Gasteiger partial charge is 0.233 e. The summed E-state index contributed by atoms with van der Waals surface area (Å²) >= 11 is 3.18. The normalized spacial score (nSPS) is 23.3. The first-order valence-electron chi connectivity index (χ1n) is 6.87. The van der Waals surface area contributed by atoms with Crippen molar-refractivity contribution < 1.29 is 4.79 Å². The number of thiazole rings is 1. The quantitative estimate of drug-likeness (QED) is 0.797. The van der Waals surface area contributed by atoms with Crippen LogP contribution in [-0.2, 0) is 4.79 Å². The van der Waals surface area contributed by atoms with Crippen LogP contribution in [0.5, 0.6) is 0 Å². The lowest BCUT2D eigenvalue weighted by atomic mass is 9.87. The molecule has 1 aliphatic carbocycles. The number of carbonyl (C=O) groups is 1. The number of thioether (sulfide) groups is 1. The van der Waals surface area contributed by atoms with Gasteiger partial charge < -0.3 is 4.90 Å². The maximum absolute atomic E-state index is 12.2. The molecule has 1 aromatic heterocycles. The number of hydrogen-bond acceptors (Lipinski definition) is 4. The molecule has 1 saturated carbocycles. The highest BCUT2D eigenvalue weighted by atomic mass is 32.2. The minimum Gasteiger partial charge on any atom is -0.342 e. The van der Waals surface area contributed by atoms with Crippen LogP contribution in [0.4, 0.5) is 0 Å². The molecule has 0 spiro atoms. The molecular weight excluding hydrogens is 276 g/mol. The third-order valence-electron chi connectivity index (χ3n) is 3.84. The fourth-order valence-corrected chi connectivity index (χ4v) is 4.23. The summed E-state index contributed by atoms with van der Waals surface area (Å²) in [4.78, 5) is 18.5. The zero-order valence-corrected chi connectivity index (χ0v) is 13.5. The first-order chi connectivity index (χ1) is 9.06. The predicted octanol–water partition coefficient (Wildman–Crippen LogP) is 3.58. The lowest BCUT2D eigenvalue weighted by Gasteiger charge is -2.33. The summed E-state index contributed by atoms with van der Waals surface area (Å²) in [5.41, 5.74) is 1.04. The number of carbonyl (C=O) groups excluding carboxylic acids is 1. The van der Waals surface area contributed by atoms with E-state index in [1.54, 1.807) is 23.1 Å². The molecule has 0 bridgehead atoms. The molecule has 106 valence electrons. The van der Waals surface area contributed by atoms with Crippen LogP contribution in [0.1, 0.15) is 38.3 Å². The van der Waals surface area contributed by atoms with E-state index in [0.717, 1.165) is 28.8 Å². The van der Waals surface area contributed by atoms with Gasteiger partial charge in [0.05, 0.1) is 5.75 Å². The Labute approximate surface area is 123 Å². The largest absolute Gasteiger partial charge is 0.342 e. The van der Waals surface area contributed by atoms with Gasteiger partial charge in [0.2, 0.25) is 5.91 Å². The van der Waals surface area contributed by atoms with Crippen molar-refractivity contribution in [3.63, 3.8) is 0 Å². The van der Waals surface area contributed by atoms with Gasteiger partial charge >= 0.3 is 0 Å². The van der Waals surface area contributed by atoms with Crippen molar-refractivity contribution in [2.24, 2.45) is 5.92 Å². The van der Waals surface area contributed by atoms with Crippen molar-refractivity contribution in [1.82, 2.24) is 9.88 Å². The minimum absolute atomic E-state index is 0.234. The second-order valence-corrected chi connectivity index (χ2v) is 7.54. The highest BCUT2D eigenvalue weighted by Gasteiger charge is 2.24. The van der Waals surface area contributed by atoms with Gasteiger partial charge in [0.15, 0.2) is 4.34 Å². The van der Waals surface area contributed by atoms with E-state index in [-0.39, 0.29) is 5.91 Å². The van der Waals surface area contributed by atoms with E-state index < -0.39 is 0 Å². The highest BCUT2D eigenvalue weighted by molar-refractivity contribution is 8.01. The first kappa shape index (κ1) is 14.9. The van der Waals surface area contributed by atoms with Crippen molar-refractivity contribution in [2.45, 2.75) is 49.9 Å². The fourth-order valence-electron chi connectivity index (χ4n) is 2.46. The van der Waals surface area contributed by atoms with E-state index >= 15 is 0 Å². The molecule has 1 aromatic rings. The molecule has 0 aromatic carbocycles. The van der Waals surface area contributed by atoms with E-state index in [9.17, 15) is 4.79 Å². The van der Waals surface area contributed by atoms with Gasteiger partial charge in [-0.1, -0.05) is 18.7 Å². The topological polar surface area (TPSA) is 33.2 Å². The molecule has 1 fully saturated rings. The number of nitrogens with zero attached hydrogens (tertiary/aromatic N) is 2. The second-order valence-electron chi connectivity index (χ2n) is 5.46. The molecule has 1 amide bonds. The van der Waals surface area contributed by atoms with Crippen LogP contribution < -0.4 is 0 Å². The average Bonchev–Trinajstić information content (AvgIpc) is 2.82. The van der Waals surface area contributed by atoms with Gasteiger partial charge in [0.1, 0.15) is 0 Å². The zero-order valence-electron chi connectivity index (χ0n) is 11.9. The van der Waals surface area contributed by atoms with Gasteiger partial charge in [-0.2, -0.15) is 0 Å². The molecule has 1 heterocycles. The van der Waals surface area contributed by atoms with Crippen molar-refractivity contribution >= 4 is 29.0 Å². The summed E-state index contributed by atoms with van der Waals surface area (Å²) in [7, 11) is 1.96. The number of aromatic nitrogens is 1. The SMILES string of the molecule is Cc1csc(SCC(=O)N(C)C2CCC(C)CC2)n1. The molecule has 19 heavy (non-hydrogen) atoms. The van der Waals surface area contributed by atoms with Crippen LogP contribution >= 0.6 is 23.1 Å². The Morgan fingerprint density at radius 2 is 2.16 bits per heavy atom. The number of aryl methyl sites for hydroxylation is 1.